The van der Waals surface area contributed by atoms with E-state index in [1.54, 1.807) is 24.3 Å². The molecule has 0 atom stereocenters. The third-order valence-corrected chi connectivity index (χ3v) is 9.78. The number of nitrogens with zero attached hydrogens (tertiary/aromatic N) is 3. The van der Waals surface area contributed by atoms with Crippen molar-refractivity contribution in [3.8, 4) is 0 Å². The molecule has 200 valence electrons. The summed E-state index contributed by atoms with van der Waals surface area (Å²) in [6.45, 7) is 3.74. The van der Waals surface area contributed by atoms with Crippen LogP contribution in [0.1, 0.15) is 35.6 Å². The van der Waals surface area contributed by atoms with E-state index in [1.807, 2.05) is 17.0 Å². The number of benzene rings is 3. The summed E-state index contributed by atoms with van der Waals surface area (Å²) in [5.41, 5.74) is 3.23. The lowest BCUT2D eigenvalue weighted by Crippen LogP contribution is -2.52. The first-order valence-electron chi connectivity index (χ1n) is 13.3. The molecule has 6 nitrogen and oxygen atoms in total. The van der Waals surface area contributed by atoms with E-state index in [-0.39, 0.29) is 23.6 Å². The maximum Gasteiger partial charge on any atom is 0.225 e. The van der Waals surface area contributed by atoms with Crippen molar-refractivity contribution in [2.45, 2.75) is 24.6 Å². The summed E-state index contributed by atoms with van der Waals surface area (Å²) in [6, 6.07) is 28.1. The van der Waals surface area contributed by atoms with Crippen LogP contribution in [-0.4, -0.2) is 67.7 Å². The molecular formula is C30H34ClN3O3S. The number of piperidine rings is 1. The van der Waals surface area contributed by atoms with E-state index in [2.05, 4.69) is 53.4 Å². The first kappa shape index (κ1) is 26.9. The first-order valence-corrected chi connectivity index (χ1v) is 15.2. The van der Waals surface area contributed by atoms with E-state index in [9.17, 15) is 13.2 Å². The highest BCUT2D eigenvalue weighted by atomic mass is 35.5. The Morgan fingerprint density at radius 3 is 1.82 bits per heavy atom. The second kappa shape index (κ2) is 12.0. The van der Waals surface area contributed by atoms with Crippen molar-refractivity contribution >= 4 is 27.5 Å². The number of hydrogen-bond donors (Lipinski definition) is 0. The molecule has 2 saturated heterocycles. The Hall–Kier alpha value is -2.71. The molecule has 0 radical (unpaired) electrons. The van der Waals surface area contributed by atoms with Gasteiger partial charge in [0.15, 0.2) is 0 Å². The van der Waals surface area contributed by atoms with Crippen LogP contribution in [0.4, 0.5) is 0 Å². The zero-order valence-corrected chi connectivity index (χ0v) is 23.0. The van der Waals surface area contributed by atoms with Crippen molar-refractivity contribution in [3.05, 3.63) is 107 Å². The molecule has 0 aromatic heterocycles. The van der Waals surface area contributed by atoms with E-state index in [4.69, 9.17) is 11.6 Å². The molecule has 0 saturated carbocycles. The second-order valence-electron chi connectivity index (χ2n) is 10.1. The fraction of sp³-hybridized carbons (Fsp3) is 0.367. The average molecular weight is 552 g/mol. The van der Waals surface area contributed by atoms with E-state index in [1.165, 1.54) is 15.4 Å². The van der Waals surface area contributed by atoms with Crippen LogP contribution in [0, 0.1) is 5.92 Å². The van der Waals surface area contributed by atoms with Crippen LogP contribution < -0.4 is 0 Å². The molecular weight excluding hydrogens is 518 g/mol. The average Bonchev–Trinajstić information content (AvgIpc) is 2.96. The van der Waals surface area contributed by atoms with E-state index in [0.29, 0.717) is 44.0 Å². The summed E-state index contributed by atoms with van der Waals surface area (Å²) in [4.78, 5) is 17.8. The minimum atomic E-state index is -3.43. The van der Waals surface area contributed by atoms with Gasteiger partial charge in [-0.1, -0.05) is 84.4 Å². The Morgan fingerprint density at radius 2 is 1.29 bits per heavy atom. The predicted octanol–water partition coefficient (Wildman–Crippen LogP) is 4.82. The summed E-state index contributed by atoms with van der Waals surface area (Å²) < 4.78 is 27.4. The van der Waals surface area contributed by atoms with Crippen LogP contribution in [0.25, 0.3) is 0 Å². The standard InChI is InChI=1S/C30H34ClN3O3S/c31-28-13-11-24(12-14-28)23-38(36,37)34-17-15-27(16-18-34)30(35)33-21-19-32(20-22-33)29(25-7-3-1-4-8-25)26-9-5-2-6-10-26/h1-14,27,29H,15-23H2. The Morgan fingerprint density at radius 1 is 0.763 bits per heavy atom. The molecule has 5 rings (SSSR count). The van der Waals surface area contributed by atoms with Gasteiger partial charge in [-0.25, -0.2) is 12.7 Å². The Kier molecular flexibility index (Phi) is 8.48. The smallest absolute Gasteiger partial charge is 0.225 e. The Balaban J connectivity index is 1.16. The third-order valence-electron chi connectivity index (χ3n) is 7.68. The molecule has 8 heteroatoms. The van der Waals surface area contributed by atoms with Gasteiger partial charge in [0.05, 0.1) is 11.8 Å². The van der Waals surface area contributed by atoms with Gasteiger partial charge in [0.25, 0.3) is 0 Å². The number of carbonyl (C=O) groups excluding carboxylic acids is 1. The maximum absolute atomic E-state index is 13.4. The SMILES string of the molecule is O=C(C1CCN(S(=O)(=O)Cc2ccc(Cl)cc2)CC1)N1CCN(C(c2ccccc2)c2ccccc2)CC1. The van der Waals surface area contributed by atoms with Crippen molar-refractivity contribution in [3.63, 3.8) is 0 Å². The zero-order valence-electron chi connectivity index (χ0n) is 21.5. The summed E-state index contributed by atoms with van der Waals surface area (Å²) in [7, 11) is -3.43. The summed E-state index contributed by atoms with van der Waals surface area (Å²) in [5, 5.41) is 0.585. The van der Waals surface area contributed by atoms with E-state index < -0.39 is 10.0 Å². The molecule has 3 aromatic carbocycles. The van der Waals surface area contributed by atoms with Crippen molar-refractivity contribution in [1.29, 1.82) is 0 Å². The van der Waals surface area contributed by atoms with Crippen molar-refractivity contribution in [2.75, 3.05) is 39.3 Å². The molecule has 1 amide bonds. The normalized spacial score (nSPS) is 18.1. The fourth-order valence-electron chi connectivity index (χ4n) is 5.61. The Labute approximate surface area is 230 Å². The predicted molar refractivity (Wildman–Crippen MR) is 151 cm³/mol. The van der Waals surface area contributed by atoms with E-state index in [0.717, 1.165) is 18.7 Å². The van der Waals surface area contributed by atoms with Crippen molar-refractivity contribution in [2.24, 2.45) is 5.92 Å². The van der Waals surface area contributed by atoms with Crippen LogP contribution in [0.5, 0.6) is 0 Å². The van der Waals surface area contributed by atoms with Gasteiger partial charge in [0, 0.05) is 50.2 Å². The lowest BCUT2D eigenvalue weighted by molar-refractivity contribution is -0.138. The summed E-state index contributed by atoms with van der Waals surface area (Å²) >= 11 is 5.92. The number of rotatable bonds is 7. The largest absolute Gasteiger partial charge is 0.340 e. The van der Waals surface area contributed by atoms with Crippen molar-refractivity contribution in [1.82, 2.24) is 14.1 Å². The molecule has 2 heterocycles. The molecule has 0 bridgehead atoms. The monoisotopic (exact) mass is 551 g/mol. The molecule has 2 fully saturated rings. The van der Waals surface area contributed by atoms with Crippen LogP contribution in [0.2, 0.25) is 5.02 Å². The van der Waals surface area contributed by atoms with Crippen LogP contribution >= 0.6 is 11.6 Å². The summed E-state index contributed by atoms with van der Waals surface area (Å²) in [6.07, 6.45) is 1.13. The fourth-order valence-corrected chi connectivity index (χ4v) is 7.30. The van der Waals surface area contributed by atoms with Crippen LogP contribution in [-0.2, 0) is 20.6 Å². The third kappa shape index (κ3) is 6.29. The van der Waals surface area contributed by atoms with Gasteiger partial charge >= 0.3 is 0 Å². The van der Waals surface area contributed by atoms with Crippen LogP contribution in [0.15, 0.2) is 84.9 Å². The number of piperazine rings is 1. The zero-order chi connectivity index (χ0) is 26.5. The highest BCUT2D eigenvalue weighted by molar-refractivity contribution is 7.88. The number of amides is 1. The molecule has 2 aliphatic heterocycles. The molecule has 38 heavy (non-hydrogen) atoms. The minimum absolute atomic E-state index is 0.0469. The van der Waals surface area contributed by atoms with E-state index >= 15 is 0 Å². The molecule has 0 unspecified atom stereocenters. The topological polar surface area (TPSA) is 60.9 Å². The highest BCUT2D eigenvalue weighted by Crippen LogP contribution is 2.30. The molecule has 0 spiro atoms. The van der Waals surface area contributed by atoms with Gasteiger partial charge in [-0.15, -0.1) is 0 Å². The second-order valence-corrected chi connectivity index (χ2v) is 12.5. The van der Waals surface area contributed by atoms with Gasteiger partial charge < -0.3 is 4.90 Å². The van der Waals surface area contributed by atoms with Gasteiger partial charge in [-0.2, -0.15) is 0 Å². The lowest BCUT2D eigenvalue weighted by Gasteiger charge is -2.41. The van der Waals surface area contributed by atoms with Gasteiger partial charge in [0.2, 0.25) is 15.9 Å². The van der Waals surface area contributed by atoms with Crippen LogP contribution in [0.3, 0.4) is 0 Å². The molecule has 0 N–H and O–H groups in total. The van der Waals surface area contributed by atoms with Gasteiger partial charge in [0.1, 0.15) is 0 Å². The molecule has 3 aromatic rings. The number of carbonyl (C=O) groups is 1. The molecule has 2 aliphatic rings. The number of halogens is 1. The van der Waals surface area contributed by atoms with Gasteiger partial charge in [-0.05, 0) is 41.7 Å². The quantitative estimate of drug-likeness (QED) is 0.422. The number of sulfonamides is 1. The molecule has 0 aliphatic carbocycles. The van der Waals surface area contributed by atoms with Crippen molar-refractivity contribution < 1.29 is 13.2 Å². The first-order chi connectivity index (χ1) is 18.4. The Bertz CT molecular complexity index is 1260. The van der Waals surface area contributed by atoms with Gasteiger partial charge in [-0.3, -0.25) is 9.69 Å². The maximum atomic E-state index is 13.4. The lowest BCUT2D eigenvalue weighted by atomic mass is 9.95. The minimum Gasteiger partial charge on any atom is -0.340 e. The number of hydrogen-bond acceptors (Lipinski definition) is 4. The summed E-state index contributed by atoms with van der Waals surface area (Å²) in [5.74, 6) is -0.00712. The highest BCUT2D eigenvalue weighted by Gasteiger charge is 2.35.